The Kier molecular flexibility index (Phi) is 11.6. The number of hydrogen-bond donors (Lipinski definition) is 2. The van der Waals surface area contributed by atoms with Crippen LogP contribution in [0.5, 0.6) is 0 Å². The molecule has 1 aromatic carbocycles. The van der Waals surface area contributed by atoms with Gasteiger partial charge in [0.2, 0.25) is 11.8 Å². The minimum absolute atomic E-state index is 0.0719. The van der Waals surface area contributed by atoms with Crippen LogP contribution in [0.25, 0.3) is 0 Å². The summed E-state index contributed by atoms with van der Waals surface area (Å²) < 4.78 is 5.21. The molecule has 1 fully saturated rings. The van der Waals surface area contributed by atoms with Crippen molar-refractivity contribution < 1.29 is 28.7 Å². The highest BCUT2D eigenvalue weighted by molar-refractivity contribution is 7.98. The summed E-state index contributed by atoms with van der Waals surface area (Å²) in [7, 11) is 0. The molecule has 1 aliphatic carbocycles. The number of amides is 3. The maximum absolute atomic E-state index is 14.2. The van der Waals surface area contributed by atoms with Crippen LogP contribution in [0, 0.1) is 11.8 Å². The smallest absolute Gasteiger partial charge is 0.407 e. The average molecular weight is 602 g/mol. The Morgan fingerprint density at radius 1 is 1.14 bits per heavy atom. The van der Waals surface area contributed by atoms with Gasteiger partial charge in [-0.05, 0) is 62.2 Å². The number of likely N-dealkylation sites (tertiary alicyclic amines) is 1. The highest BCUT2D eigenvalue weighted by Crippen LogP contribution is 2.41. The van der Waals surface area contributed by atoms with Gasteiger partial charge in [-0.25, -0.2) is 4.79 Å². The standard InChI is InChI=1S/C32H47N3O6S/c1-19(2)18-41-31(40)34-24(13-15-42-7)29(38)33-25-16-21(5)35(30(25)39)26-17-22-10-8-9-11-23(22)32(6,28(26)37)14-12-27(36)20(3)4/h8-11,19-21,24-26H,12-18H2,1-7H3,(H,33,38)(H,34,40). The van der Waals surface area contributed by atoms with Gasteiger partial charge in [-0.15, -0.1) is 0 Å². The molecule has 0 aromatic heterocycles. The van der Waals surface area contributed by atoms with Crippen molar-refractivity contribution in [2.24, 2.45) is 11.8 Å². The molecule has 42 heavy (non-hydrogen) atoms. The van der Waals surface area contributed by atoms with Crippen molar-refractivity contribution >= 4 is 41.2 Å². The number of carbonyl (C=O) groups excluding carboxylic acids is 5. The Bertz CT molecular complexity index is 1170. The number of benzene rings is 1. The van der Waals surface area contributed by atoms with Crippen LogP contribution in [0.3, 0.4) is 0 Å². The molecular formula is C32H47N3O6S. The van der Waals surface area contributed by atoms with Crippen molar-refractivity contribution in [1.29, 1.82) is 0 Å². The molecule has 2 aliphatic rings. The second kappa shape index (κ2) is 14.5. The molecule has 0 spiro atoms. The molecule has 0 saturated carbocycles. The van der Waals surface area contributed by atoms with Crippen LogP contribution >= 0.6 is 11.8 Å². The number of nitrogens with zero attached hydrogens (tertiary/aromatic N) is 1. The molecule has 1 aromatic rings. The zero-order valence-electron chi connectivity index (χ0n) is 26.0. The Hall–Kier alpha value is -2.88. The summed E-state index contributed by atoms with van der Waals surface area (Å²) in [5.74, 6) is -0.0426. The van der Waals surface area contributed by atoms with E-state index in [1.165, 1.54) is 0 Å². The normalized spacial score (nSPS) is 24.5. The quantitative estimate of drug-likeness (QED) is 0.350. The minimum Gasteiger partial charge on any atom is -0.449 e. The molecule has 5 atom stereocenters. The first-order chi connectivity index (χ1) is 19.8. The molecule has 2 N–H and O–H groups in total. The number of fused-ring (bicyclic) bond motifs is 1. The zero-order chi connectivity index (χ0) is 31.2. The molecule has 3 amide bonds. The molecule has 0 bridgehead atoms. The highest BCUT2D eigenvalue weighted by Gasteiger charge is 2.51. The monoisotopic (exact) mass is 601 g/mol. The van der Waals surface area contributed by atoms with E-state index >= 15 is 0 Å². The van der Waals surface area contributed by atoms with E-state index in [4.69, 9.17) is 4.74 Å². The van der Waals surface area contributed by atoms with Crippen LogP contribution < -0.4 is 10.6 Å². The Balaban J connectivity index is 1.78. The molecule has 232 valence electrons. The van der Waals surface area contributed by atoms with Gasteiger partial charge in [0.1, 0.15) is 17.9 Å². The van der Waals surface area contributed by atoms with Gasteiger partial charge in [-0.3, -0.25) is 19.2 Å². The number of thioether (sulfide) groups is 1. The van der Waals surface area contributed by atoms with Gasteiger partial charge in [-0.1, -0.05) is 52.0 Å². The summed E-state index contributed by atoms with van der Waals surface area (Å²) in [4.78, 5) is 67.8. The third-order valence-corrected chi connectivity index (χ3v) is 9.05. The number of rotatable bonds is 13. The molecule has 0 radical (unpaired) electrons. The van der Waals surface area contributed by atoms with Crippen molar-refractivity contribution in [1.82, 2.24) is 15.5 Å². The lowest BCUT2D eigenvalue weighted by molar-refractivity contribution is -0.142. The lowest BCUT2D eigenvalue weighted by Crippen LogP contribution is -2.57. The molecule has 1 heterocycles. The van der Waals surface area contributed by atoms with Gasteiger partial charge in [0.05, 0.1) is 18.1 Å². The summed E-state index contributed by atoms with van der Waals surface area (Å²) in [6.45, 7) is 11.6. The summed E-state index contributed by atoms with van der Waals surface area (Å²) in [5.41, 5.74) is 1.00. The first-order valence-corrected chi connectivity index (χ1v) is 16.4. The predicted octanol–water partition coefficient (Wildman–Crippen LogP) is 4.05. The first-order valence-electron chi connectivity index (χ1n) is 15.0. The van der Waals surface area contributed by atoms with Crippen molar-refractivity contribution in [2.45, 2.75) is 103 Å². The third kappa shape index (κ3) is 7.74. The molecule has 1 saturated heterocycles. The van der Waals surface area contributed by atoms with Crippen LogP contribution in [0.15, 0.2) is 24.3 Å². The fourth-order valence-electron chi connectivity index (χ4n) is 5.92. The summed E-state index contributed by atoms with van der Waals surface area (Å²) in [5, 5.41) is 5.50. The van der Waals surface area contributed by atoms with E-state index < -0.39 is 35.5 Å². The Labute approximate surface area is 254 Å². The van der Waals surface area contributed by atoms with E-state index in [1.807, 2.05) is 72.1 Å². The SMILES string of the molecule is CSCCC(NC(=O)OCC(C)C)C(=O)NC1CC(C)N(C2Cc3ccccc3C(C)(CCC(=O)C(C)C)C2=O)C1=O. The van der Waals surface area contributed by atoms with Gasteiger partial charge >= 0.3 is 6.09 Å². The number of carbonyl (C=O) groups is 5. The molecule has 9 nitrogen and oxygen atoms in total. The molecular weight excluding hydrogens is 554 g/mol. The predicted molar refractivity (Wildman–Crippen MR) is 164 cm³/mol. The first kappa shape index (κ1) is 33.6. The van der Waals surface area contributed by atoms with E-state index in [0.29, 0.717) is 31.4 Å². The van der Waals surface area contributed by atoms with E-state index in [-0.39, 0.29) is 48.4 Å². The van der Waals surface area contributed by atoms with Crippen LogP contribution in [0.4, 0.5) is 4.79 Å². The van der Waals surface area contributed by atoms with Gasteiger partial charge in [0.15, 0.2) is 5.78 Å². The van der Waals surface area contributed by atoms with E-state index in [0.717, 1.165) is 11.1 Å². The van der Waals surface area contributed by atoms with E-state index in [2.05, 4.69) is 10.6 Å². The maximum atomic E-state index is 14.2. The second-order valence-corrected chi connectivity index (χ2v) is 13.5. The van der Waals surface area contributed by atoms with Crippen LogP contribution in [0.2, 0.25) is 0 Å². The summed E-state index contributed by atoms with van der Waals surface area (Å²) >= 11 is 1.55. The average Bonchev–Trinajstić information content (AvgIpc) is 3.22. The fourth-order valence-corrected chi connectivity index (χ4v) is 6.39. The number of nitrogens with one attached hydrogen (secondary N) is 2. The fraction of sp³-hybridized carbons (Fsp3) is 0.656. The van der Waals surface area contributed by atoms with E-state index in [1.54, 1.807) is 16.7 Å². The lowest BCUT2D eigenvalue weighted by atomic mass is 9.65. The van der Waals surface area contributed by atoms with Gasteiger partial charge < -0.3 is 20.3 Å². The molecule has 5 unspecified atom stereocenters. The molecule has 10 heteroatoms. The van der Waals surface area contributed by atoms with Crippen molar-refractivity contribution in [2.75, 3.05) is 18.6 Å². The summed E-state index contributed by atoms with van der Waals surface area (Å²) in [6.07, 6.45) is 3.03. The lowest BCUT2D eigenvalue weighted by Gasteiger charge is -2.43. The third-order valence-electron chi connectivity index (χ3n) is 8.41. The zero-order valence-corrected chi connectivity index (χ0v) is 26.8. The maximum Gasteiger partial charge on any atom is 0.407 e. The number of ketones is 2. The second-order valence-electron chi connectivity index (χ2n) is 12.6. The largest absolute Gasteiger partial charge is 0.449 e. The topological polar surface area (TPSA) is 122 Å². The van der Waals surface area contributed by atoms with Gasteiger partial charge in [-0.2, -0.15) is 11.8 Å². The van der Waals surface area contributed by atoms with Crippen LogP contribution in [0.1, 0.15) is 78.4 Å². The number of ether oxygens (including phenoxy) is 1. The minimum atomic E-state index is -0.908. The number of alkyl carbamates (subject to hydrolysis) is 1. The van der Waals surface area contributed by atoms with Gasteiger partial charge in [0.25, 0.3) is 0 Å². The van der Waals surface area contributed by atoms with Gasteiger partial charge in [0, 0.05) is 24.8 Å². The van der Waals surface area contributed by atoms with Crippen molar-refractivity contribution in [3.8, 4) is 0 Å². The van der Waals surface area contributed by atoms with Crippen molar-refractivity contribution in [3.05, 3.63) is 35.4 Å². The Morgan fingerprint density at radius 2 is 1.83 bits per heavy atom. The van der Waals surface area contributed by atoms with E-state index in [9.17, 15) is 24.0 Å². The van der Waals surface area contributed by atoms with Crippen molar-refractivity contribution in [3.63, 3.8) is 0 Å². The van der Waals surface area contributed by atoms with Crippen LogP contribution in [-0.2, 0) is 35.8 Å². The molecule has 1 aliphatic heterocycles. The van der Waals surface area contributed by atoms with Crippen LogP contribution in [-0.4, -0.2) is 77.2 Å². The number of Topliss-reactive ketones (excluding diaryl/α,β-unsaturated/α-hetero) is 2. The Morgan fingerprint density at radius 3 is 2.48 bits per heavy atom. The number of hydrogen-bond acceptors (Lipinski definition) is 7. The highest BCUT2D eigenvalue weighted by atomic mass is 32.2. The molecule has 3 rings (SSSR count). The summed E-state index contributed by atoms with van der Waals surface area (Å²) in [6, 6.07) is 5.15.